The summed E-state index contributed by atoms with van der Waals surface area (Å²) < 4.78 is 12.9. The van der Waals surface area contributed by atoms with E-state index in [1.807, 2.05) is 36.4 Å². The number of fused-ring (bicyclic) bond motifs is 1. The van der Waals surface area contributed by atoms with Crippen LogP contribution >= 0.6 is 0 Å². The highest BCUT2D eigenvalue weighted by molar-refractivity contribution is 5.94. The third kappa shape index (κ3) is 3.63. The fraction of sp³-hybridized carbons (Fsp3) is 0.111. The average molecular weight is 309 g/mol. The second-order valence-corrected chi connectivity index (χ2v) is 5.27. The van der Waals surface area contributed by atoms with Gasteiger partial charge in [0.1, 0.15) is 11.6 Å². The number of nitrogens with one attached hydrogen (secondary N) is 1. The van der Waals surface area contributed by atoms with Crippen LogP contribution in [0.25, 0.3) is 10.9 Å². The number of benzene rings is 2. The highest BCUT2D eigenvalue weighted by Crippen LogP contribution is 2.17. The van der Waals surface area contributed by atoms with Gasteiger partial charge < -0.3 is 10.2 Å². The predicted molar refractivity (Wildman–Crippen MR) is 90.0 cm³/mol. The van der Waals surface area contributed by atoms with Crippen molar-refractivity contribution in [2.45, 2.75) is 0 Å². The Labute approximate surface area is 133 Å². The van der Waals surface area contributed by atoms with E-state index in [2.05, 4.69) is 10.3 Å². The molecule has 3 rings (SSSR count). The van der Waals surface area contributed by atoms with Crippen molar-refractivity contribution in [1.82, 2.24) is 4.98 Å². The lowest BCUT2D eigenvalue weighted by Crippen LogP contribution is -2.30. The van der Waals surface area contributed by atoms with Crippen molar-refractivity contribution < 1.29 is 9.18 Å². The molecule has 4 nitrogen and oxygen atoms in total. The second-order valence-electron chi connectivity index (χ2n) is 5.27. The number of carbonyl (C=O) groups excluding carboxylic acids is 1. The molecule has 1 heterocycles. The lowest BCUT2D eigenvalue weighted by molar-refractivity contribution is -0.114. The summed E-state index contributed by atoms with van der Waals surface area (Å²) in [6.07, 6.45) is 0. The van der Waals surface area contributed by atoms with E-state index in [9.17, 15) is 9.18 Å². The van der Waals surface area contributed by atoms with Crippen molar-refractivity contribution in [3.63, 3.8) is 0 Å². The number of amides is 1. The highest BCUT2D eigenvalue weighted by Gasteiger charge is 2.09. The normalized spacial score (nSPS) is 10.5. The number of rotatable bonds is 4. The summed E-state index contributed by atoms with van der Waals surface area (Å²) in [5.41, 5.74) is 1.45. The van der Waals surface area contributed by atoms with E-state index in [1.165, 1.54) is 24.3 Å². The number of nitrogens with zero attached hydrogens (tertiary/aromatic N) is 2. The van der Waals surface area contributed by atoms with Crippen LogP contribution in [0, 0.1) is 5.82 Å². The molecule has 1 amide bonds. The van der Waals surface area contributed by atoms with Gasteiger partial charge in [0.05, 0.1) is 12.1 Å². The summed E-state index contributed by atoms with van der Waals surface area (Å²) in [6.45, 7) is 0.155. The van der Waals surface area contributed by atoms with E-state index >= 15 is 0 Å². The zero-order valence-electron chi connectivity index (χ0n) is 12.7. The molecule has 23 heavy (non-hydrogen) atoms. The van der Waals surface area contributed by atoms with E-state index in [4.69, 9.17) is 0 Å². The summed E-state index contributed by atoms with van der Waals surface area (Å²) in [7, 11) is 1.81. The average Bonchev–Trinajstić information content (AvgIpc) is 2.56. The summed E-state index contributed by atoms with van der Waals surface area (Å²) in [5.74, 6) is 0.201. The Morgan fingerprint density at radius 3 is 2.61 bits per heavy atom. The van der Waals surface area contributed by atoms with E-state index in [0.29, 0.717) is 5.69 Å². The van der Waals surface area contributed by atoms with Crippen LogP contribution in [0.2, 0.25) is 0 Å². The third-order valence-corrected chi connectivity index (χ3v) is 3.48. The monoisotopic (exact) mass is 309 g/mol. The molecule has 0 saturated heterocycles. The van der Waals surface area contributed by atoms with Crippen LogP contribution in [0.15, 0.2) is 60.7 Å². The maximum atomic E-state index is 12.9. The molecule has 0 bridgehead atoms. The molecule has 5 heteroatoms. The molecule has 1 N–H and O–H groups in total. The quantitative estimate of drug-likeness (QED) is 0.803. The summed E-state index contributed by atoms with van der Waals surface area (Å²) in [6, 6.07) is 17.4. The van der Waals surface area contributed by atoms with Crippen molar-refractivity contribution >= 4 is 28.3 Å². The van der Waals surface area contributed by atoms with Crippen LogP contribution in [0.4, 0.5) is 15.9 Å². The molecule has 0 spiro atoms. The van der Waals surface area contributed by atoms with Gasteiger partial charge in [0.25, 0.3) is 0 Å². The van der Waals surface area contributed by atoms with Gasteiger partial charge >= 0.3 is 0 Å². The first-order valence-electron chi connectivity index (χ1n) is 7.24. The van der Waals surface area contributed by atoms with Crippen LogP contribution in [0.3, 0.4) is 0 Å². The first-order chi connectivity index (χ1) is 11.1. The fourth-order valence-electron chi connectivity index (χ4n) is 2.30. The van der Waals surface area contributed by atoms with Crippen LogP contribution < -0.4 is 10.2 Å². The molecule has 0 saturated carbocycles. The molecule has 0 fully saturated rings. The lowest BCUT2D eigenvalue weighted by atomic mass is 10.2. The van der Waals surface area contributed by atoms with Crippen LogP contribution in [-0.4, -0.2) is 24.5 Å². The van der Waals surface area contributed by atoms with Gasteiger partial charge in [0.15, 0.2) is 0 Å². The van der Waals surface area contributed by atoms with Crippen molar-refractivity contribution in [3.8, 4) is 0 Å². The Kier molecular flexibility index (Phi) is 4.19. The standard InChI is InChI=1S/C18H16FN3O/c1-22(12-18(23)20-15-9-7-14(19)8-10-15)17-11-6-13-4-2-3-5-16(13)21-17/h2-11H,12H2,1H3,(H,20,23). The van der Waals surface area contributed by atoms with E-state index in [1.54, 1.807) is 11.9 Å². The maximum absolute atomic E-state index is 12.9. The van der Waals surface area contributed by atoms with Gasteiger partial charge in [-0.3, -0.25) is 4.79 Å². The first-order valence-corrected chi connectivity index (χ1v) is 7.24. The molecule has 0 aliphatic heterocycles. The number of hydrogen-bond donors (Lipinski definition) is 1. The summed E-state index contributed by atoms with van der Waals surface area (Å²) in [5, 5.41) is 3.79. The van der Waals surface area contributed by atoms with E-state index < -0.39 is 0 Å². The minimum atomic E-state index is -0.333. The Bertz CT molecular complexity index is 833. The summed E-state index contributed by atoms with van der Waals surface area (Å²) in [4.78, 5) is 18.4. The second kappa shape index (κ2) is 6.44. The molecular formula is C18H16FN3O. The Morgan fingerprint density at radius 2 is 1.83 bits per heavy atom. The molecule has 0 unspecified atom stereocenters. The topological polar surface area (TPSA) is 45.2 Å². The number of pyridine rings is 1. The minimum absolute atomic E-state index is 0.155. The molecule has 2 aromatic carbocycles. The third-order valence-electron chi connectivity index (χ3n) is 3.48. The fourth-order valence-corrected chi connectivity index (χ4v) is 2.30. The van der Waals surface area contributed by atoms with Crippen LogP contribution in [-0.2, 0) is 4.79 Å². The van der Waals surface area contributed by atoms with E-state index in [0.717, 1.165) is 16.7 Å². The molecular weight excluding hydrogens is 293 g/mol. The number of halogens is 1. The Hall–Kier alpha value is -2.95. The van der Waals surface area contributed by atoms with E-state index in [-0.39, 0.29) is 18.3 Å². The zero-order valence-corrected chi connectivity index (χ0v) is 12.7. The SMILES string of the molecule is CN(CC(=O)Nc1ccc(F)cc1)c1ccc2ccccc2n1. The predicted octanol–water partition coefficient (Wildman–Crippen LogP) is 3.45. The number of likely N-dealkylation sites (N-methyl/N-ethyl adjacent to an activating group) is 1. The van der Waals surface area contributed by atoms with Crippen LogP contribution in [0.5, 0.6) is 0 Å². The number of carbonyl (C=O) groups is 1. The van der Waals surface area contributed by atoms with Gasteiger partial charge in [-0.1, -0.05) is 18.2 Å². The van der Waals surface area contributed by atoms with Gasteiger partial charge in [-0.05, 0) is 42.5 Å². The molecule has 3 aromatic rings. The summed E-state index contributed by atoms with van der Waals surface area (Å²) >= 11 is 0. The number of anilines is 2. The Morgan fingerprint density at radius 1 is 1.09 bits per heavy atom. The highest BCUT2D eigenvalue weighted by atomic mass is 19.1. The lowest BCUT2D eigenvalue weighted by Gasteiger charge is -2.18. The van der Waals surface area contributed by atoms with Crippen molar-refractivity contribution in [2.75, 3.05) is 23.8 Å². The molecule has 116 valence electrons. The van der Waals surface area contributed by atoms with Gasteiger partial charge in [-0.2, -0.15) is 0 Å². The molecule has 0 aliphatic carbocycles. The minimum Gasteiger partial charge on any atom is -0.350 e. The number of hydrogen-bond acceptors (Lipinski definition) is 3. The van der Waals surface area contributed by atoms with Crippen molar-refractivity contribution in [2.24, 2.45) is 0 Å². The molecule has 0 radical (unpaired) electrons. The van der Waals surface area contributed by atoms with Gasteiger partial charge in [0.2, 0.25) is 5.91 Å². The molecule has 0 atom stereocenters. The molecule has 0 aliphatic rings. The van der Waals surface area contributed by atoms with Crippen molar-refractivity contribution in [3.05, 3.63) is 66.5 Å². The van der Waals surface area contributed by atoms with Gasteiger partial charge in [-0.15, -0.1) is 0 Å². The molecule has 1 aromatic heterocycles. The first kappa shape index (κ1) is 15.0. The van der Waals surface area contributed by atoms with Crippen LogP contribution in [0.1, 0.15) is 0 Å². The number of aromatic nitrogens is 1. The smallest absolute Gasteiger partial charge is 0.243 e. The maximum Gasteiger partial charge on any atom is 0.243 e. The van der Waals surface area contributed by atoms with Gasteiger partial charge in [0, 0.05) is 18.1 Å². The van der Waals surface area contributed by atoms with Gasteiger partial charge in [-0.25, -0.2) is 9.37 Å². The van der Waals surface area contributed by atoms with Crippen molar-refractivity contribution in [1.29, 1.82) is 0 Å². The largest absolute Gasteiger partial charge is 0.350 e. The Balaban J connectivity index is 1.68. The zero-order chi connectivity index (χ0) is 16.2. The number of para-hydroxylation sites is 1.